The van der Waals surface area contributed by atoms with Gasteiger partial charge in [0.1, 0.15) is 17.2 Å². The Bertz CT molecular complexity index is 887. The minimum Gasteiger partial charge on any atom is -0.497 e. The van der Waals surface area contributed by atoms with Crippen molar-refractivity contribution in [3.05, 3.63) is 54.1 Å². The van der Waals surface area contributed by atoms with Gasteiger partial charge in [-0.2, -0.15) is 0 Å². The summed E-state index contributed by atoms with van der Waals surface area (Å²) in [4.78, 5) is 26.5. The monoisotopic (exact) mass is 382 g/mol. The number of carbonyl (C=O) groups excluding carboxylic acids is 2. The number of hydrogen-bond donors (Lipinski definition) is 1. The predicted octanol–water partition coefficient (Wildman–Crippen LogP) is 2.26. The molecule has 7 heteroatoms. The lowest BCUT2D eigenvalue weighted by Gasteiger charge is -2.33. The molecule has 0 bridgehead atoms. The Balaban J connectivity index is 1.87. The summed E-state index contributed by atoms with van der Waals surface area (Å²) in [6.07, 6.45) is 2.37. The van der Waals surface area contributed by atoms with Gasteiger partial charge in [0.15, 0.2) is 6.10 Å². The molecule has 0 saturated heterocycles. The number of hydrogen-bond acceptors (Lipinski definition) is 5. The third-order valence-electron chi connectivity index (χ3n) is 4.37. The van der Waals surface area contributed by atoms with E-state index in [9.17, 15) is 9.59 Å². The Labute approximate surface area is 163 Å². The molecule has 1 N–H and O–H groups in total. The van der Waals surface area contributed by atoms with Crippen LogP contribution < -0.4 is 24.4 Å². The number of ether oxygens (including phenoxy) is 3. The molecule has 0 fully saturated rings. The van der Waals surface area contributed by atoms with Crippen LogP contribution in [0.1, 0.15) is 5.56 Å². The van der Waals surface area contributed by atoms with E-state index < -0.39 is 6.10 Å². The van der Waals surface area contributed by atoms with Crippen LogP contribution in [0.3, 0.4) is 0 Å². The summed E-state index contributed by atoms with van der Waals surface area (Å²) in [5, 5.41) is 2.56. The van der Waals surface area contributed by atoms with Crippen LogP contribution in [0.25, 0.3) is 6.08 Å². The molecule has 28 heavy (non-hydrogen) atoms. The van der Waals surface area contributed by atoms with Crippen LogP contribution >= 0.6 is 0 Å². The molecule has 0 unspecified atom stereocenters. The number of likely N-dealkylation sites (N-methyl/N-ethyl adjacent to an activating group) is 1. The molecule has 2 aromatic rings. The Morgan fingerprint density at radius 3 is 2.46 bits per heavy atom. The van der Waals surface area contributed by atoms with Gasteiger partial charge in [0.2, 0.25) is 0 Å². The van der Waals surface area contributed by atoms with Gasteiger partial charge in [-0.1, -0.05) is 12.1 Å². The van der Waals surface area contributed by atoms with E-state index in [2.05, 4.69) is 5.32 Å². The molecule has 0 aliphatic carbocycles. The number of para-hydroxylation sites is 2. The second-order valence-electron chi connectivity index (χ2n) is 6.12. The van der Waals surface area contributed by atoms with E-state index >= 15 is 0 Å². The summed E-state index contributed by atoms with van der Waals surface area (Å²) in [7, 11) is 4.67. The minimum atomic E-state index is -0.769. The molecule has 0 saturated carbocycles. The fourth-order valence-corrected chi connectivity index (χ4v) is 2.92. The molecular weight excluding hydrogens is 360 g/mol. The number of carbonyl (C=O) groups is 2. The quantitative estimate of drug-likeness (QED) is 0.803. The number of anilines is 1. The van der Waals surface area contributed by atoms with Crippen molar-refractivity contribution < 1.29 is 23.8 Å². The highest BCUT2D eigenvalue weighted by molar-refractivity contribution is 6.05. The van der Waals surface area contributed by atoms with Crippen LogP contribution in [-0.2, 0) is 9.59 Å². The largest absolute Gasteiger partial charge is 0.497 e. The molecule has 0 radical (unpaired) electrons. The number of rotatable bonds is 5. The zero-order valence-corrected chi connectivity index (χ0v) is 16.0. The van der Waals surface area contributed by atoms with Crippen LogP contribution in [0.2, 0.25) is 0 Å². The molecule has 7 nitrogen and oxygen atoms in total. The second kappa shape index (κ2) is 8.47. The number of benzene rings is 2. The zero-order valence-electron chi connectivity index (χ0n) is 16.0. The lowest BCUT2D eigenvalue weighted by atomic mass is 10.1. The summed E-state index contributed by atoms with van der Waals surface area (Å²) in [6.45, 7) is 0.126. The van der Waals surface area contributed by atoms with Crippen molar-refractivity contribution in [1.82, 2.24) is 5.32 Å². The number of nitrogens with zero attached hydrogens (tertiary/aromatic N) is 1. The van der Waals surface area contributed by atoms with Gasteiger partial charge < -0.3 is 24.4 Å². The highest BCUT2D eigenvalue weighted by Crippen LogP contribution is 2.33. The number of fused-ring (bicyclic) bond motifs is 1. The van der Waals surface area contributed by atoms with Gasteiger partial charge in [0.05, 0.1) is 26.5 Å². The average Bonchev–Trinajstić information content (AvgIpc) is 2.75. The Morgan fingerprint density at radius 2 is 1.82 bits per heavy atom. The summed E-state index contributed by atoms with van der Waals surface area (Å²) < 4.78 is 16.2. The predicted molar refractivity (Wildman–Crippen MR) is 106 cm³/mol. The lowest BCUT2D eigenvalue weighted by Crippen LogP contribution is -2.49. The molecule has 0 spiro atoms. The maximum atomic E-state index is 12.9. The Kier molecular flexibility index (Phi) is 5.84. The average molecular weight is 382 g/mol. The topological polar surface area (TPSA) is 77.1 Å². The van der Waals surface area contributed by atoms with Gasteiger partial charge in [-0.3, -0.25) is 9.59 Å². The molecule has 1 aliphatic rings. The summed E-state index contributed by atoms with van der Waals surface area (Å²) in [5.74, 6) is 1.21. The van der Waals surface area contributed by atoms with Crippen molar-refractivity contribution in [3.8, 4) is 17.2 Å². The first kappa shape index (κ1) is 19.3. The normalized spacial score (nSPS) is 15.5. The second-order valence-corrected chi connectivity index (χ2v) is 6.12. The highest BCUT2D eigenvalue weighted by Gasteiger charge is 2.32. The molecule has 1 atom stereocenters. The van der Waals surface area contributed by atoms with Gasteiger partial charge in [-0.25, -0.2) is 0 Å². The van der Waals surface area contributed by atoms with Crippen molar-refractivity contribution in [1.29, 1.82) is 0 Å². The first-order chi connectivity index (χ1) is 13.5. The van der Waals surface area contributed by atoms with Crippen LogP contribution in [0.4, 0.5) is 5.69 Å². The van der Waals surface area contributed by atoms with Crippen molar-refractivity contribution in [3.63, 3.8) is 0 Å². The van der Waals surface area contributed by atoms with Gasteiger partial charge in [0, 0.05) is 19.2 Å². The first-order valence-electron chi connectivity index (χ1n) is 8.75. The number of methoxy groups -OCH3 is 2. The highest BCUT2D eigenvalue weighted by atomic mass is 16.5. The van der Waals surface area contributed by atoms with Crippen LogP contribution in [0, 0.1) is 0 Å². The third kappa shape index (κ3) is 4.09. The molecule has 1 aliphatic heterocycles. The SMILES string of the molecule is CNC(=O)[C@@H]1CN(C(=O)/C=C/c2cc(OC)cc(OC)c2)c2ccccc2O1. The van der Waals surface area contributed by atoms with E-state index in [-0.39, 0.29) is 18.4 Å². The summed E-state index contributed by atoms with van der Waals surface area (Å²) in [5.41, 5.74) is 1.38. The van der Waals surface area contributed by atoms with Crippen molar-refractivity contribution in [2.45, 2.75) is 6.10 Å². The molecule has 3 rings (SSSR count). The summed E-state index contributed by atoms with van der Waals surface area (Å²) >= 11 is 0. The van der Waals surface area contributed by atoms with Crippen LogP contribution in [-0.4, -0.2) is 45.7 Å². The Morgan fingerprint density at radius 1 is 1.14 bits per heavy atom. The third-order valence-corrected chi connectivity index (χ3v) is 4.37. The van der Waals surface area contributed by atoms with Gasteiger partial charge >= 0.3 is 0 Å². The van der Waals surface area contributed by atoms with Crippen molar-refractivity contribution in [2.24, 2.45) is 0 Å². The summed E-state index contributed by atoms with van der Waals surface area (Å²) in [6, 6.07) is 12.5. The smallest absolute Gasteiger partial charge is 0.262 e. The molecule has 1 heterocycles. The van der Waals surface area contributed by atoms with Gasteiger partial charge in [-0.05, 0) is 35.9 Å². The van der Waals surface area contributed by atoms with Crippen molar-refractivity contribution >= 4 is 23.6 Å². The van der Waals surface area contributed by atoms with Crippen LogP contribution in [0.15, 0.2) is 48.5 Å². The van der Waals surface area contributed by atoms with E-state index in [1.807, 2.05) is 6.07 Å². The van der Waals surface area contributed by atoms with Crippen molar-refractivity contribution in [2.75, 3.05) is 32.7 Å². The lowest BCUT2D eigenvalue weighted by molar-refractivity contribution is -0.127. The Hall–Kier alpha value is -3.48. The number of nitrogens with one attached hydrogen (secondary N) is 1. The first-order valence-corrected chi connectivity index (χ1v) is 8.75. The van der Waals surface area contributed by atoms with Crippen LogP contribution in [0.5, 0.6) is 17.2 Å². The standard InChI is InChI=1S/C21H22N2O5/c1-22-21(25)19-13-23(17-6-4-5-7-18(17)28-19)20(24)9-8-14-10-15(26-2)12-16(11-14)27-3/h4-12,19H,13H2,1-3H3,(H,22,25)/b9-8+/t19-/m0/s1. The zero-order chi connectivity index (χ0) is 20.1. The van der Waals surface area contributed by atoms with E-state index in [0.29, 0.717) is 22.9 Å². The van der Waals surface area contributed by atoms with Gasteiger partial charge in [0.25, 0.3) is 11.8 Å². The molecule has 146 valence electrons. The maximum Gasteiger partial charge on any atom is 0.262 e. The van der Waals surface area contributed by atoms with E-state index in [0.717, 1.165) is 5.56 Å². The minimum absolute atomic E-state index is 0.126. The molecule has 2 amide bonds. The van der Waals surface area contributed by atoms with Gasteiger partial charge in [-0.15, -0.1) is 0 Å². The molecular formula is C21H22N2O5. The maximum absolute atomic E-state index is 12.9. The van der Waals surface area contributed by atoms with E-state index in [1.165, 1.54) is 18.0 Å². The number of amides is 2. The van der Waals surface area contributed by atoms with E-state index in [1.54, 1.807) is 56.7 Å². The molecule has 0 aromatic heterocycles. The fourth-order valence-electron chi connectivity index (χ4n) is 2.92. The fraction of sp³-hybridized carbons (Fsp3) is 0.238. The molecule has 2 aromatic carbocycles. The van der Waals surface area contributed by atoms with E-state index in [4.69, 9.17) is 14.2 Å².